The van der Waals surface area contributed by atoms with Gasteiger partial charge in [0.15, 0.2) is 0 Å². The third-order valence-corrected chi connectivity index (χ3v) is 6.90. The molecular formula is C19H29BrN2O3S. The van der Waals surface area contributed by atoms with Crippen LogP contribution in [0.25, 0.3) is 0 Å². The lowest BCUT2D eigenvalue weighted by Crippen LogP contribution is -2.46. The highest BCUT2D eigenvalue weighted by molar-refractivity contribution is 9.10. The molecule has 2 rings (SSSR count). The number of carbonyl (C=O) groups excluding carboxylic acids is 1. The molecule has 1 heterocycles. The Morgan fingerprint density at radius 2 is 1.73 bits per heavy atom. The van der Waals surface area contributed by atoms with E-state index in [9.17, 15) is 13.2 Å². The second-order valence-electron chi connectivity index (χ2n) is 8.83. The highest BCUT2D eigenvalue weighted by atomic mass is 79.9. The van der Waals surface area contributed by atoms with Gasteiger partial charge in [-0.15, -0.1) is 0 Å². The summed E-state index contributed by atoms with van der Waals surface area (Å²) in [4.78, 5) is 13.0. The molecule has 1 amide bonds. The molecule has 26 heavy (non-hydrogen) atoms. The Morgan fingerprint density at radius 3 is 2.27 bits per heavy atom. The zero-order valence-electron chi connectivity index (χ0n) is 16.2. The molecule has 0 aromatic heterocycles. The van der Waals surface area contributed by atoms with E-state index in [1.54, 1.807) is 12.1 Å². The molecule has 1 aromatic carbocycles. The second-order valence-corrected chi connectivity index (χ2v) is 11.6. The first-order valence-electron chi connectivity index (χ1n) is 8.94. The minimum absolute atomic E-state index is 0.0644. The highest BCUT2D eigenvalue weighted by Gasteiger charge is 2.30. The van der Waals surface area contributed by atoms with Crippen LogP contribution in [-0.4, -0.2) is 37.3 Å². The number of carbonyl (C=O) groups is 1. The Balaban J connectivity index is 2.28. The third kappa shape index (κ3) is 5.30. The van der Waals surface area contributed by atoms with Gasteiger partial charge in [-0.25, -0.2) is 8.42 Å². The molecule has 0 bridgehead atoms. The van der Waals surface area contributed by atoms with E-state index in [0.717, 1.165) is 19.3 Å². The van der Waals surface area contributed by atoms with Gasteiger partial charge in [0.2, 0.25) is 10.0 Å². The number of amides is 1. The Hall–Kier alpha value is -0.920. The van der Waals surface area contributed by atoms with E-state index in [1.807, 2.05) is 13.8 Å². The van der Waals surface area contributed by atoms with Crippen LogP contribution in [0.3, 0.4) is 0 Å². The second kappa shape index (κ2) is 7.60. The number of rotatable bonds is 5. The van der Waals surface area contributed by atoms with Crippen molar-refractivity contribution in [2.75, 3.05) is 13.1 Å². The van der Waals surface area contributed by atoms with Gasteiger partial charge >= 0.3 is 0 Å². The summed E-state index contributed by atoms with van der Waals surface area (Å²) >= 11 is 3.38. The third-order valence-electron chi connectivity index (χ3n) is 4.31. The van der Waals surface area contributed by atoms with Gasteiger partial charge < -0.3 is 5.32 Å². The molecule has 0 radical (unpaired) electrons. The van der Waals surface area contributed by atoms with Crippen molar-refractivity contribution in [2.24, 2.45) is 5.41 Å². The molecule has 0 atom stereocenters. The van der Waals surface area contributed by atoms with Gasteiger partial charge in [-0.2, -0.15) is 4.31 Å². The van der Waals surface area contributed by atoms with E-state index in [-0.39, 0.29) is 16.2 Å². The normalized spacial score (nSPS) is 16.7. The summed E-state index contributed by atoms with van der Waals surface area (Å²) in [7, 11) is -3.55. The SMILES string of the molecule is CC(C)(C)CC(C)(C)NC(=O)c1cc(S(=O)(=O)N2CCCC2)ccc1Br. The fraction of sp³-hybridized carbons (Fsp3) is 0.632. The van der Waals surface area contributed by atoms with Gasteiger partial charge in [-0.1, -0.05) is 20.8 Å². The molecule has 0 saturated carbocycles. The monoisotopic (exact) mass is 444 g/mol. The van der Waals surface area contributed by atoms with E-state index in [4.69, 9.17) is 0 Å². The van der Waals surface area contributed by atoms with E-state index in [0.29, 0.717) is 23.1 Å². The van der Waals surface area contributed by atoms with Gasteiger partial charge in [0, 0.05) is 23.1 Å². The summed E-state index contributed by atoms with van der Waals surface area (Å²) in [5.74, 6) is -0.274. The average Bonchev–Trinajstić information content (AvgIpc) is 2.98. The Bertz CT molecular complexity index is 776. The van der Waals surface area contributed by atoms with E-state index in [2.05, 4.69) is 42.0 Å². The molecule has 1 N–H and O–H groups in total. The summed E-state index contributed by atoms with van der Waals surface area (Å²) in [6.07, 6.45) is 2.56. The summed E-state index contributed by atoms with van der Waals surface area (Å²) in [6.45, 7) is 11.4. The molecule has 1 fully saturated rings. The summed E-state index contributed by atoms with van der Waals surface area (Å²) in [5, 5.41) is 3.04. The maximum atomic E-state index is 12.8. The topological polar surface area (TPSA) is 66.5 Å². The number of hydrogen-bond donors (Lipinski definition) is 1. The molecule has 1 aliphatic rings. The van der Waals surface area contributed by atoms with Crippen molar-refractivity contribution in [1.29, 1.82) is 0 Å². The first-order valence-corrected chi connectivity index (χ1v) is 11.2. The number of benzene rings is 1. The van der Waals surface area contributed by atoms with Crippen molar-refractivity contribution < 1.29 is 13.2 Å². The lowest BCUT2D eigenvalue weighted by molar-refractivity contribution is 0.0890. The quantitative estimate of drug-likeness (QED) is 0.740. The van der Waals surface area contributed by atoms with Crippen LogP contribution in [0, 0.1) is 5.41 Å². The van der Waals surface area contributed by atoms with Crippen LogP contribution >= 0.6 is 15.9 Å². The molecule has 1 saturated heterocycles. The molecule has 1 aromatic rings. The predicted molar refractivity (Wildman–Crippen MR) is 108 cm³/mol. The van der Waals surface area contributed by atoms with Crippen LogP contribution in [-0.2, 0) is 10.0 Å². The van der Waals surface area contributed by atoms with Crippen molar-refractivity contribution >= 4 is 31.9 Å². The minimum Gasteiger partial charge on any atom is -0.347 e. The lowest BCUT2D eigenvalue weighted by Gasteiger charge is -2.33. The van der Waals surface area contributed by atoms with E-state index < -0.39 is 15.6 Å². The number of sulfonamides is 1. The maximum Gasteiger partial charge on any atom is 0.252 e. The standard InChI is InChI=1S/C19H29BrN2O3S/c1-18(2,3)13-19(4,5)21-17(23)15-12-14(8-9-16(15)20)26(24,25)22-10-6-7-11-22/h8-9,12H,6-7,10-11,13H2,1-5H3,(H,21,23). The van der Waals surface area contributed by atoms with Gasteiger partial charge in [-0.3, -0.25) is 4.79 Å². The lowest BCUT2D eigenvalue weighted by atomic mass is 9.81. The Labute approximate surface area is 165 Å². The maximum absolute atomic E-state index is 12.8. The zero-order valence-corrected chi connectivity index (χ0v) is 18.6. The van der Waals surface area contributed by atoms with Gasteiger partial charge in [-0.05, 0) is 72.7 Å². The van der Waals surface area contributed by atoms with Crippen LogP contribution in [0.15, 0.2) is 27.6 Å². The zero-order chi connectivity index (χ0) is 19.8. The van der Waals surface area contributed by atoms with Crippen molar-refractivity contribution in [3.8, 4) is 0 Å². The largest absolute Gasteiger partial charge is 0.347 e. The smallest absolute Gasteiger partial charge is 0.252 e. The predicted octanol–water partition coefficient (Wildman–Crippen LogP) is 4.18. The molecular weight excluding hydrogens is 416 g/mol. The van der Waals surface area contributed by atoms with Crippen LogP contribution in [0.4, 0.5) is 0 Å². The van der Waals surface area contributed by atoms with Crippen molar-refractivity contribution in [2.45, 2.75) is 64.3 Å². The summed E-state index contributed by atoms with van der Waals surface area (Å²) in [5.41, 5.74) is 0.000328. The van der Waals surface area contributed by atoms with Crippen LogP contribution in [0.2, 0.25) is 0 Å². The first kappa shape index (κ1) is 21.4. The molecule has 1 aliphatic heterocycles. The number of nitrogens with one attached hydrogen (secondary N) is 1. The molecule has 7 heteroatoms. The minimum atomic E-state index is -3.55. The van der Waals surface area contributed by atoms with Crippen LogP contribution in [0.1, 0.15) is 64.2 Å². The van der Waals surface area contributed by atoms with Gasteiger partial charge in [0.05, 0.1) is 10.5 Å². The fourth-order valence-electron chi connectivity index (χ4n) is 3.66. The Morgan fingerprint density at radius 1 is 1.15 bits per heavy atom. The van der Waals surface area contributed by atoms with Crippen LogP contribution < -0.4 is 5.32 Å². The van der Waals surface area contributed by atoms with E-state index in [1.165, 1.54) is 10.4 Å². The van der Waals surface area contributed by atoms with Gasteiger partial charge in [0.25, 0.3) is 5.91 Å². The van der Waals surface area contributed by atoms with E-state index >= 15 is 0 Å². The molecule has 146 valence electrons. The summed E-state index contributed by atoms with van der Waals surface area (Å²) < 4.78 is 27.6. The highest BCUT2D eigenvalue weighted by Crippen LogP contribution is 2.29. The van der Waals surface area contributed by atoms with Gasteiger partial charge in [0.1, 0.15) is 0 Å². The number of hydrogen-bond acceptors (Lipinski definition) is 3. The fourth-order valence-corrected chi connectivity index (χ4v) is 5.63. The molecule has 0 unspecified atom stereocenters. The average molecular weight is 445 g/mol. The van der Waals surface area contributed by atoms with Crippen LogP contribution in [0.5, 0.6) is 0 Å². The molecule has 5 nitrogen and oxygen atoms in total. The van der Waals surface area contributed by atoms with Crippen molar-refractivity contribution in [3.05, 3.63) is 28.2 Å². The first-order chi connectivity index (χ1) is 11.8. The number of nitrogens with zero attached hydrogens (tertiary/aromatic N) is 1. The molecule has 0 aliphatic carbocycles. The Kier molecular flexibility index (Phi) is 6.25. The molecule has 0 spiro atoms. The number of halogens is 1. The van der Waals surface area contributed by atoms with Crippen molar-refractivity contribution in [3.63, 3.8) is 0 Å². The van der Waals surface area contributed by atoms with Crippen molar-refractivity contribution in [1.82, 2.24) is 9.62 Å². The summed E-state index contributed by atoms with van der Waals surface area (Å²) in [6, 6.07) is 4.66.